The zero-order valence-corrected chi connectivity index (χ0v) is 12.5. The molecule has 1 atom stereocenters. The predicted molar refractivity (Wildman–Crippen MR) is 82.1 cm³/mol. The third kappa shape index (κ3) is 4.21. The van der Waals surface area contributed by atoms with Crippen molar-refractivity contribution in [2.45, 2.75) is 31.8 Å². The average Bonchev–Trinajstić information content (AvgIpc) is 2.53. The SMILES string of the molecule is COc1ccc(CN2CCCCC2CO)cc1C#CCO. The summed E-state index contributed by atoms with van der Waals surface area (Å²) in [5.74, 6) is 6.31. The maximum atomic E-state index is 9.48. The van der Waals surface area contributed by atoms with E-state index in [0.717, 1.165) is 36.4 Å². The minimum Gasteiger partial charge on any atom is -0.495 e. The number of likely N-dealkylation sites (tertiary alicyclic amines) is 1. The second-order valence-corrected chi connectivity index (χ2v) is 5.30. The van der Waals surface area contributed by atoms with Gasteiger partial charge in [-0.05, 0) is 37.1 Å². The van der Waals surface area contributed by atoms with Crippen molar-refractivity contribution < 1.29 is 14.9 Å². The molecule has 1 saturated heterocycles. The van der Waals surface area contributed by atoms with Crippen molar-refractivity contribution in [2.24, 2.45) is 0 Å². The van der Waals surface area contributed by atoms with Crippen molar-refractivity contribution in [2.75, 3.05) is 26.9 Å². The molecule has 1 aliphatic rings. The number of nitrogens with zero attached hydrogens (tertiary/aromatic N) is 1. The molecule has 2 rings (SSSR count). The fourth-order valence-electron chi connectivity index (χ4n) is 2.80. The van der Waals surface area contributed by atoms with Crippen molar-refractivity contribution in [3.63, 3.8) is 0 Å². The van der Waals surface area contributed by atoms with Crippen LogP contribution in [0, 0.1) is 11.8 Å². The Kier molecular flexibility index (Phi) is 6.06. The Morgan fingerprint density at radius 3 is 2.90 bits per heavy atom. The first-order chi connectivity index (χ1) is 10.3. The van der Waals surface area contributed by atoms with E-state index in [9.17, 15) is 5.11 Å². The van der Waals surface area contributed by atoms with Gasteiger partial charge in [0.05, 0.1) is 19.3 Å². The van der Waals surface area contributed by atoms with Gasteiger partial charge in [0.2, 0.25) is 0 Å². The highest BCUT2D eigenvalue weighted by molar-refractivity contribution is 5.48. The molecule has 4 heteroatoms. The van der Waals surface area contributed by atoms with E-state index in [4.69, 9.17) is 9.84 Å². The Balaban J connectivity index is 2.16. The van der Waals surface area contributed by atoms with Crippen molar-refractivity contribution in [1.29, 1.82) is 0 Å². The van der Waals surface area contributed by atoms with Crippen molar-refractivity contribution in [1.82, 2.24) is 4.90 Å². The molecule has 1 fully saturated rings. The van der Waals surface area contributed by atoms with Gasteiger partial charge >= 0.3 is 0 Å². The first kappa shape index (κ1) is 15.8. The predicted octanol–water partition coefficient (Wildman–Crippen LogP) is 1.39. The molecule has 1 heterocycles. The van der Waals surface area contributed by atoms with Gasteiger partial charge < -0.3 is 14.9 Å². The Hall–Kier alpha value is -1.54. The maximum absolute atomic E-state index is 9.48. The summed E-state index contributed by atoms with van der Waals surface area (Å²) in [4.78, 5) is 2.33. The molecule has 0 aliphatic carbocycles. The smallest absolute Gasteiger partial charge is 0.134 e. The monoisotopic (exact) mass is 289 g/mol. The molecule has 1 aromatic rings. The summed E-state index contributed by atoms with van der Waals surface area (Å²) in [7, 11) is 1.62. The van der Waals surface area contributed by atoms with Gasteiger partial charge in [-0.25, -0.2) is 0 Å². The van der Waals surface area contributed by atoms with Crippen molar-refractivity contribution >= 4 is 0 Å². The molecule has 21 heavy (non-hydrogen) atoms. The molecule has 0 aromatic heterocycles. The van der Waals surface area contributed by atoms with Crippen LogP contribution in [-0.2, 0) is 6.54 Å². The highest BCUT2D eigenvalue weighted by Gasteiger charge is 2.21. The number of ether oxygens (including phenoxy) is 1. The molecule has 1 unspecified atom stereocenters. The Bertz CT molecular complexity index is 519. The molecule has 0 amide bonds. The van der Waals surface area contributed by atoms with Gasteiger partial charge in [0.15, 0.2) is 0 Å². The summed E-state index contributed by atoms with van der Waals surface area (Å²) in [5.41, 5.74) is 1.94. The van der Waals surface area contributed by atoms with E-state index >= 15 is 0 Å². The summed E-state index contributed by atoms with van der Waals surface area (Å²) in [5, 5.41) is 18.3. The molecule has 2 N–H and O–H groups in total. The molecule has 0 saturated carbocycles. The van der Waals surface area contributed by atoms with Crippen LogP contribution in [-0.4, -0.2) is 48.0 Å². The minimum absolute atomic E-state index is 0.161. The third-order valence-electron chi connectivity index (χ3n) is 3.91. The van der Waals surface area contributed by atoms with Crippen LogP contribution in [0.4, 0.5) is 0 Å². The van der Waals surface area contributed by atoms with Crippen molar-refractivity contribution in [3.8, 4) is 17.6 Å². The lowest BCUT2D eigenvalue weighted by Gasteiger charge is -2.34. The zero-order valence-electron chi connectivity index (χ0n) is 12.5. The summed E-state index contributed by atoms with van der Waals surface area (Å²) in [6, 6.07) is 6.21. The number of benzene rings is 1. The first-order valence-electron chi connectivity index (χ1n) is 7.40. The zero-order chi connectivity index (χ0) is 15.1. The number of methoxy groups -OCH3 is 1. The maximum Gasteiger partial charge on any atom is 0.134 e. The Morgan fingerprint density at radius 2 is 2.19 bits per heavy atom. The number of hydrogen-bond acceptors (Lipinski definition) is 4. The summed E-state index contributed by atoms with van der Waals surface area (Å²) < 4.78 is 5.29. The molecule has 0 radical (unpaired) electrons. The van der Waals surface area contributed by atoms with E-state index in [1.165, 1.54) is 12.8 Å². The summed E-state index contributed by atoms with van der Waals surface area (Å²) in [6.45, 7) is 1.89. The third-order valence-corrected chi connectivity index (χ3v) is 3.91. The van der Waals surface area contributed by atoms with Gasteiger partial charge in [0.1, 0.15) is 12.4 Å². The van der Waals surface area contributed by atoms with Gasteiger partial charge in [-0.2, -0.15) is 0 Å². The molecular formula is C17H23NO3. The van der Waals surface area contributed by atoms with Crippen LogP contribution in [0.25, 0.3) is 0 Å². The van der Waals surface area contributed by atoms with Crippen LogP contribution >= 0.6 is 0 Å². The normalized spacial score (nSPS) is 18.9. The average molecular weight is 289 g/mol. The van der Waals surface area contributed by atoms with Crippen LogP contribution in [0.1, 0.15) is 30.4 Å². The highest BCUT2D eigenvalue weighted by atomic mass is 16.5. The quantitative estimate of drug-likeness (QED) is 0.822. The number of rotatable bonds is 4. The fraction of sp³-hybridized carbons (Fsp3) is 0.529. The van der Waals surface area contributed by atoms with Gasteiger partial charge in [0, 0.05) is 12.6 Å². The summed E-state index contributed by atoms with van der Waals surface area (Å²) >= 11 is 0. The lowest BCUT2D eigenvalue weighted by Crippen LogP contribution is -2.41. The van der Waals surface area contributed by atoms with Gasteiger partial charge in [-0.1, -0.05) is 24.3 Å². The van der Waals surface area contributed by atoms with E-state index in [2.05, 4.69) is 16.7 Å². The van der Waals surface area contributed by atoms with Crippen LogP contribution in [0.2, 0.25) is 0 Å². The molecule has 114 valence electrons. The number of aliphatic hydroxyl groups excluding tert-OH is 2. The molecular weight excluding hydrogens is 266 g/mol. The Labute approximate surface area is 126 Å². The van der Waals surface area contributed by atoms with Crippen LogP contribution in [0.15, 0.2) is 18.2 Å². The molecule has 1 aliphatic heterocycles. The first-order valence-corrected chi connectivity index (χ1v) is 7.40. The van der Waals surface area contributed by atoms with E-state index in [1.54, 1.807) is 7.11 Å². The lowest BCUT2D eigenvalue weighted by molar-refractivity contribution is 0.0841. The van der Waals surface area contributed by atoms with E-state index < -0.39 is 0 Å². The number of piperidine rings is 1. The van der Waals surface area contributed by atoms with Gasteiger partial charge in [0.25, 0.3) is 0 Å². The van der Waals surface area contributed by atoms with Crippen LogP contribution < -0.4 is 4.74 Å². The topological polar surface area (TPSA) is 52.9 Å². The Morgan fingerprint density at radius 1 is 1.33 bits per heavy atom. The molecule has 0 bridgehead atoms. The summed E-state index contributed by atoms with van der Waals surface area (Å²) in [6.07, 6.45) is 3.44. The fourth-order valence-corrected chi connectivity index (χ4v) is 2.80. The lowest BCUT2D eigenvalue weighted by atomic mass is 10.0. The van der Waals surface area contributed by atoms with Crippen LogP contribution in [0.3, 0.4) is 0 Å². The molecule has 1 aromatic carbocycles. The van der Waals surface area contributed by atoms with Gasteiger partial charge in [-0.3, -0.25) is 4.90 Å². The largest absolute Gasteiger partial charge is 0.495 e. The van der Waals surface area contributed by atoms with Crippen molar-refractivity contribution in [3.05, 3.63) is 29.3 Å². The highest BCUT2D eigenvalue weighted by Crippen LogP contribution is 2.23. The van der Waals surface area contributed by atoms with Crippen LogP contribution in [0.5, 0.6) is 5.75 Å². The second-order valence-electron chi connectivity index (χ2n) is 5.30. The molecule has 4 nitrogen and oxygen atoms in total. The second kappa shape index (κ2) is 8.04. The van der Waals surface area contributed by atoms with E-state index in [1.807, 2.05) is 18.2 Å². The standard InChI is InChI=1S/C17H23NO3/c1-21-17-8-7-14(11-15(17)5-4-10-19)12-18-9-3-2-6-16(18)13-20/h7-8,11,16,19-20H,2-3,6,9-10,12-13H2,1H3. The molecule has 0 spiro atoms. The number of hydrogen-bond donors (Lipinski definition) is 2. The van der Waals surface area contributed by atoms with E-state index in [-0.39, 0.29) is 19.3 Å². The van der Waals surface area contributed by atoms with E-state index in [0.29, 0.717) is 0 Å². The van der Waals surface area contributed by atoms with Gasteiger partial charge in [-0.15, -0.1) is 0 Å². The number of aliphatic hydroxyl groups is 2. The minimum atomic E-state index is -0.161.